The monoisotopic (exact) mass is 200 g/mol. The molecular weight excluding hydrogens is 188 g/mol. The first kappa shape index (κ1) is 9.68. The topological polar surface area (TPSA) is 59.1 Å². The van der Waals surface area contributed by atoms with Gasteiger partial charge in [0.15, 0.2) is 0 Å². The Kier molecular flexibility index (Phi) is 2.65. The van der Waals surface area contributed by atoms with Gasteiger partial charge in [-0.2, -0.15) is 0 Å². The summed E-state index contributed by atoms with van der Waals surface area (Å²) >= 11 is 0. The van der Waals surface area contributed by atoms with Crippen molar-refractivity contribution in [2.45, 2.75) is 6.10 Å². The maximum Gasteiger partial charge on any atom is 0.123 e. The van der Waals surface area contributed by atoms with Crippen molar-refractivity contribution in [2.75, 3.05) is 5.73 Å². The number of nitrogen functional groups attached to an aromatic ring is 1. The molecule has 0 aliphatic heterocycles. The summed E-state index contributed by atoms with van der Waals surface area (Å²) in [5, 5.41) is 10.00. The van der Waals surface area contributed by atoms with Crippen LogP contribution >= 0.6 is 0 Å². The molecule has 0 aliphatic carbocycles. The first-order valence-electron chi connectivity index (χ1n) is 4.73. The van der Waals surface area contributed by atoms with Gasteiger partial charge in [0.05, 0.1) is 5.69 Å². The largest absolute Gasteiger partial charge is 0.384 e. The highest BCUT2D eigenvalue weighted by Gasteiger charge is 2.10. The standard InChI is InChI=1S/C12H12N2O/c13-11-8-4-7-10(14-11)12(15)9-5-2-1-3-6-9/h1-8,12,15H,(H2,13,14)/t12-/m0/s1. The highest BCUT2D eigenvalue weighted by molar-refractivity contribution is 5.33. The molecule has 1 aromatic carbocycles. The normalized spacial score (nSPS) is 12.3. The summed E-state index contributed by atoms with van der Waals surface area (Å²) in [7, 11) is 0. The molecule has 15 heavy (non-hydrogen) atoms. The average Bonchev–Trinajstić information content (AvgIpc) is 2.29. The van der Waals surface area contributed by atoms with Crippen LogP contribution in [-0.4, -0.2) is 10.1 Å². The van der Waals surface area contributed by atoms with Crippen LogP contribution in [0.15, 0.2) is 48.5 Å². The van der Waals surface area contributed by atoms with Crippen molar-refractivity contribution in [3.63, 3.8) is 0 Å². The quantitative estimate of drug-likeness (QED) is 0.776. The fraction of sp³-hybridized carbons (Fsp3) is 0.0833. The van der Waals surface area contributed by atoms with Gasteiger partial charge in [-0.15, -0.1) is 0 Å². The molecule has 2 aromatic rings. The minimum absolute atomic E-state index is 0.419. The van der Waals surface area contributed by atoms with Gasteiger partial charge in [-0.25, -0.2) is 4.98 Å². The molecule has 0 bridgehead atoms. The number of nitrogens with zero attached hydrogens (tertiary/aromatic N) is 1. The lowest BCUT2D eigenvalue weighted by molar-refractivity contribution is 0.215. The average molecular weight is 200 g/mol. The molecule has 1 aromatic heterocycles. The van der Waals surface area contributed by atoms with Crippen molar-refractivity contribution in [1.82, 2.24) is 4.98 Å². The SMILES string of the molecule is Nc1cccc([C@@H](O)c2ccccc2)n1. The van der Waals surface area contributed by atoms with Crippen molar-refractivity contribution in [1.29, 1.82) is 0 Å². The predicted molar refractivity (Wildman–Crippen MR) is 59.2 cm³/mol. The van der Waals surface area contributed by atoms with Crippen LogP contribution in [0, 0.1) is 0 Å². The molecule has 0 saturated heterocycles. The lowest BCUT2D eigenvalue weighted by atomic mass is 10.1. The molecule has 0 saturated carbocycles. The zero-order chi connectivity index (χ0) is 10.7. The number of hydrogen-bond donors (Lipinski definition) is 2. The number of anilines is 1. The third-order valence-corrected chi connectivity index (χ3v) is 2.19. The number of nitrogens with two attached hydrogens (primary N) is 1. The fourth-order valence-electron chi connectivity index (χ4n) is 1.43. The van der Waals surface area contributed by atoms with E-state index in [1.165, 1.54) is 0 Å². The first-order valence-corrected chi connectivity index (χ1v) is 4.73. The van der Waals surface area contributed by atoms with Crippen LogP contribution in [0.3, 0.4) is 0 Å². The first-order chi connectivity index (χ1) is 7.27. The van der Waals surface area contributed by atoms with Crippen LogP contribution in [0.1, 0.15) is 17.4 Å². The number of rotatable bonds is 2. The van der Waals surface area contributed by atoms with Crippen molar-refractivity contribution < 1.29 is 5.11 Å². The Balaban J connectivity index is 2.32. The zero-order valence-electron chi connectivity index (χ0n) is 8.17. The van der Waals surface area contributed by atoms with Gasteiger partial charge in [0.25, 0.3) is 0 Å². The summed E-state index contributed by atoms with van der Waals surface area (Å²) < 4.78 is 0. The van der Waals surface area contributed by atoms with Crippen LogP contribution < -0.4 is 5.73 Å². The summed E-state index contributed by atoms with van der Waals surface area (Å²) in [5.74, 6) is 0.419. The van der Waals surface area contributed by atoms with Crippen molar-refractivity contribution in [3.8, 4) is 0 Å². The summed E-state index contributed by atoms with van der Waals surface area (Å²) in [4.78, 5) is 4.08. The summed E-state index contributed by atoms with van der Waals surface area (Å²) in [6.07, 6.45) is -0.713. The van der Waals surface area contributed by atoms with Gasteiger partial charge >= 0.3 is 0 Å². The van der Waals surface area contributed by atoms with E-state index in [1.54, 1.807) is 18.2 Å². The summed E-state index contributed by atoms with van der Waals surface area (Å²) in [6.45, 7) is 0. The molecule has 1 atom stereocenters. The number of benzene rings is 1. The van der Waals surface area contributed by atoms with E-state index in [0.29, 0.717) is 11.5 Å². The number of aliphatic hydroxyl groups excluding tert-OH is 1. The van der Waals surface area contributed by atoms with Crippen molar-refractivity contribution in [2.24, 2.45) is 0 Å². The van der Waals surface area contributed by atoms with Crippen LogP contribution in [-0.2, 0) is 0 Å². The lowest BCUT2D eigenvalue weighted by Gasteiger charge is -2.10. The lowest BCUT2D eigenvalue weighted by Crippen LogP contribution is -2.03. The van der Waals surface area contributed by atoms with Crippen LogP contribution in [0.2, 0.25) is 0 Å². The zero-order valence-corrected chi connectivity index (χ0v) is 8.17. The van der Waals surface area contributed by atoms with Gasteiger partial charge in [-0.3, -0.25) is 0 Å². The van der Waals surface area contributed by atoms with Gasteiger partial charge in [-0.1, -0.05) is 36.4 Å². The number of aliphatic hydroxyl groups is 1. The van der Waals surface area contributed by atoms with Gasteiger partial charge < -0.3 is 10.8 Å². The number of hydrogen-bond acceptors (Lipinski definition) is 3. The van der Waals surface area contributed by atoms with Crippen molar-refractivity contribution in [3.05, 3.63) is 59.8 Å². The Hall–Kier alpha value is -1.87. The van der Waals surface area contributed by atoms with E-state index in [-0.39, 0.29) is 0 Å². The van der Waals surface area contributed by atoms with Gasteiger partial charge in [0.2, 0.25) is 0 Å². The Morgan fingerprint density at radius 1 is 1.00 bits per heavy atom. The van der Waals surface area contributed by atoms with E-state index in [2.05, 4.69) is 4.98 Å². The van der Waals surface area contributed by atoms with Gasteiger partial charge in [0, 0.05) is 0 Å². The Labute approximate surface area is 88.2 Å². The predicted octanol–water partition coefficient (Wildman–Crippen LogP) is 1.75. The van der Waals surface area contributed by atoms with Crippen LogP contribution in [0.5, 0.6) is 0 Å². The fourth-order valence-corrected chi connectivity index (χ4v) is 1.43. The molecule has 0 radical (unpaired) electrons. The second-order valence-electron chi connectivity index (χ2n) is 3.30. The van der Waals surface area contributed by atoms with E-state index >= 15 is 0 Å². The molecule has 0 fully saturated rings. The van der Waals surface area contributed by atoms with E-state index in [4.69, 9.17) is 5.73 Å². The maximum absolute atomic E-state index is 10.00. The minimum atomic E-state index is -0.713. The van der Waals surface area contributed by atoms with Crippen LogP contribution in [0.25, 0.3) is 0 Å². The molecule has 2 rings (SSSR count). The highest BCUT2D eigenvalue weighted by atomic mass is 16.3. The van der Waals surface area contributed by atoms with E-state index in [1.807, 2.05) is 30.3 Å². The maximum atomic E-state index is 10.00. The Bertz CT molecular complexity index is 442. The molecule has 0 spiro atoms. The molecule has 3 nitrogen and oxygen atoms in total. The van der Waals surface area contributed by atoms with Crippen molar-refractivity contribution >= 4 is 5.82 Å². The van der Waals surface area contributed by atoms with E-state index < -0.39 is 6.10 Å². The van der Waals surface area contributed by atoms with Gasteiger partial charge in [-0.05, 0) is 17.7 Å². The second kappa shape index (κ2) is 4.11. The minimum Gasteiger partial charge on any atom is -0.384 e. The van der Waals surface area contributed by atoms with Gasteiger partial charge in [0.1, 0.15) is 11.9 Å². The smallest absolute Gasteiger partial charge is 0.123 e. The number of aromatic nitrogens is 1. The Morgan fingerprint density at radius 3 is 2.40 bits per heavy atom. The molecule has 76 valence electrons. The molecule has 0 unspecified atom stereocenters. The third-order valence-electron chi connectivity index (χ3n) is 2.19. The van der Waals surface area contributed by atoms with Crippen LogP contribution in [0.4, 0.5) is 5.82 Å². The summed E-state index contributed by atoms with van der Waals surface area (Å²) in [6, 6.07) is 14.6. The third kappa shape index (κ3) is 2.14. The molecular formula is C12H12N2O. The summed E-state index contributed by atoms with van der Waals surface area (Å²) in [5.41, 5.74) is 6.94. The molecule has 3 N–H and O–H groups in total. The van der Waals surface area contributed by atoms with E-state index in [9.17, 15) is 5.11 Å². The molecule has 0 amide bonds. The molecule has 3 heteroatoms. The molecule has 1 heterocycles. The highest BCUT2D eigenvalue weighted by Crippen LogP contribution is 2.20. The number of pyridine rings is 1. The second-order valence-corrected chi connectivity index (χ2v) is 3.30. The Morgan fingerprint density at radius 2 is 1.73 bits per heavy atom. The molecule has 0 aliphatic rings. The van der Waals surface area contributed by atoms with E-state index in [0.717, 1.165) is 5.56 Å².